The van der Waals surface area contributed by atoms with E-state index in [1.54, 1.807) is 0 Å². The van der Waals surface area contributed by atoms with Crippen LogP contribution in [-0.2, 0) is 0 Å². The molecule has 1 aromatic carbocycles. The van der Waals surface area contributed by atoms with Gasteiger partial charge in [0.05, 0.1) is 31.2 Å². The first-order valence-corrected chi connectivity index (χ1v) is 6.22. The first-order valence-electron chi connectivity index (χ1n) is 4.33. The maximum Gasteiger partial charge on any atom is 0.231 e. The van der Waals surface area contributed by atoms with Gasteiger partial charge in [0.15, 0.2) is 5.76 Å². The fraction of sp³-hybridized carbons (Fsp3) is 0. The van der Waals surface area contributed by atoms with Crippen LogP contribution in [0.2, 0.25) is 20.1 Å². The second kappa shape index (κ2) is 4.58. The summed E-state index contributed by atoms with van der Waals surface area (Å²) in [4.78, 5) is 23.7. The Bertz CT molecular complexity index is 593. The molecule has 0 aromatic heterocycles. The zero-order chi connectivity index (χ0) is 13.8. The Hall–Kier alpha value is -0.450. The van der Waals surface area contributed by atoms with Gasteiger partial charge in [0.2, 0.25) is 11.6 Å². The van der Waals surface area contributed by atoms with E-state index in [0.29, 0.717) is 0 Å². The zero-order valence-corrected chi connectivity index (χ0v) is 11.9. The highest BCUT2D eigenvalue weighted by atomic mass is 35.5. The molecular weight excluding hydrogens is 345 g/mol. The smallest absolute Gasteiger partial charge is 0.231 e. The molecule has 94 valence electrons. The fourth-order valence-corrected chi connectivity index (χ4v) is 2.70. The second-order valence-corrected chi connectivity index (χ2v) is 5.22. The van der Waals surface area contributed by atoms with Crippen molar-refractivity contribution in [1.29, 1.82) is 0 Å². The molecular formula is C10HCl5O3. The minimum Gasteiger partial charge on any atom is -0.503 e. The van der Waals surface area contributed by atoms with Crippen LogP contribution in [0.4, 0.5) is 0 Å². The quantitative estimate of drug-likeness (QED) is 0.548. The molecule has 1 aliphatic rings. The molecule has 0 saturated carbocycles. The second-order valence-electron chi connectivity index (χ2n) is 3.33. The Balaban J connectivity index is 2.96. The number of Topliss-reactive ketones (excluding diaryl/α,β-unsaturated/α-hetero) is 2. The first kappa shape index (κ1) is 14.0. The van der Waals surface area contributed by atoms with E-state index < -0.39 is 22.4 Å². The van der Waals surface area contributed by atoms with Gasteiger partial charge in [0.25, 0.3) is 0 Å². The Morgan fingerprint density at radius 1 is 0.667 bits per heavy atom. The van der Waals surface area contributed by atoms with Crippen molar-refractivity contribution in [3.63, 3.8) is 0 Å². The highest BCUT2D eigenvalue weighted by molar-refractivity contribution is 6.58. The Kier molecular flexibility index (Phi) is 3.56. The standard InChI is InChI=1S/C10HCl5O3/c11-3-1-2(4(12)6(14)5(3)13)9(17)10(18)7(15)8(1)16/h18H. The molecule has 0 atom stereocenters. The molecule has 0 saturated heterocycles. The highest BCUT2D eigenvalue weighted by Gasteiger charge is 2.37. The molecule has 18 heavy (non-hydrogen) atoms. The van der Waals surface area contributed by atoms with Gasteiger partial charge in [-0.25, -0.2) is 0 Å². The molecule has 3 nitrogen and oxygen atoms in total. The van der Waals surface area contributed by atoms with Crippen LogP contribution >= 0.6 is 58.0 Å². The average Bonchev–Trinajstić information content (AvgIpc) is 2.35. The Labute approximate surface area is 126 Å². The fourth-order valence-electron chi connectivity index (χ4n) is 1.49. The summed E-state index contributed by atoms with van der Waals surface area (Å²) in [6, 6.07) is 0. The van der Waals surface area contributed by atoms with Gasteiger partial charge in [0, 0.05) is 0 Å². The molecule has 1 N–H and O–H groups in total. The maximum absolute atomic E-state index is 11.9. The van der Waals surface area contributed by atoms with Gasteiger partial charge in [0.1, 0.15) is 5.03 Å². The summed E-state index contributed by atoms with van der Waals surface area (Å²) < 4.78 is 0. The SMILES string of the molecule is O=C1C(O)=C(Cl)C(=O)c2c(Cl)c(Cl)c(Cl)c(Cl)c21. The van der Waals surface area contributed by atoms with E-state index in [9.17, 15) is 14.7 Å². The van der Waals surface area contributed by atoms with E-state index in [-0.39, 0.29) is 31.2 Å². The lowest BCUT2D eigenvalue weighted by Gasteiger charge is -2.18. The predicted molar refractivity (Wildman–Crippen MR) is 70.7 cm³/mol. The normalized spacial score (nSPS) is 15.2. The molecule has 0 aliphatic heterocycles. The number of benzene rings is 1. The van der Waals surface area contributed by atoms with E-state index in [1.807, 2.05) is 0 Å². The number of fused-ring (bicyclic) bond motifs is 1. The van der Waals surface area contributed by atoms with Gasteiger partial charge in [-0.05, 0) is 0 Å². The molecule has 0 heterocycles. The van der Waals surface area contributed by atoms with Gasteiger partial charge in [-0.1, -0.05) is 58.0 Å². The third-order valence-corrected chi connectivity index (χ3v) is 4.50. The number of aliphatic hydroxyl groups is 1. The number of carbonyl (C=O) groups is 2. The largest absolute Gasteiger partial charge is 0.503 e. The summed E-state index contributed by atoms with van der Waals surface area (Å²) in [5.41, 5.74) is -0.563. The van der Waals surface area contributed by atoms with Crippen molar-refractivity contribution >= 4 is 69.6 Å². The van der Waals surface area contributed by atoms with Gasteiger partial charge in [-0.3, -0.25) is 9.59 Å². The van der Waals surface area contributed by atoms with Crippen LogP contribution in [0, 0.1) is 0 Å². The minimum atomic E-state index is -0.930. The van der Waals surface area contributed by atoms with Crippen LogP contribution in [-0.4, -0.2) is 16.7 Å². The maximum atomic E-state index is 11.9. The van der Waals surface area contributed by atoms with Crippen LogP contribution in [0.25, 0.3) is 0 Å². The van der Waals surface area contributed by atoms with E-state index >= 15 is 0 Å². The molecule has 2 rings (SSSR count). The van der Waals surface area contributed by atoms with Crippen molar-refractivity contribution in [2.24, 2.45) is 0 Å². The van der Waals surface area contributed by atoms with E-state index in [1.165, 1.54) is 0 Å². The highest BCUT2D eigenvalue weighted by Crippen LogP contribution is 2.45. The number of allylic oxidation sites excluding steroid dienone is 2. The average molecular weight is 346 g/mol. The Morgan fingerprint density at radius 2 is 1.06 bits per heavy atom. The van der Waals surface area contributed by atoms with Crippen molar-refractivity contribution in [2.45, 2.75) is 0 Å². The number of aliphatic hydroxyl groups excluding tert-OH is 1. The van der Waals surface area contributed by atoms with Crippen LogP contribution in [0.5, 0.6) is 0 Å². The lowest BCUT2D eigenvalue weighted by Crippen LogP contribution is -2.21. The van der Waals surface area contributed by atoms with Gasteiger partial charge in [-0.15, -0.1) is 0 Å². The van der Waals surface area contributed by atoms with Crippen molar-refractivity contribution in [3.8, 4) is 0 Å². The number of rotatable bonds is 0. The summed E-state index contributed by atoms with van der Waals surface area (Å²) in [7, 11) is 0. The topological polar surface area (TPSA) is 54.4 Å². The summed E-state index contributed by atoms with van der Waals surface area (Å²) in [5, 5.41) is 7.99. The van der Waals surface area contributed by atoms with Crippen LogP contribution in [0.1, 0.15) is 20.7 Å². The summed E-state index contributed by atoms with van der Waals surface area (Å²) in [6.45, 7) is 0. The van der Waals surface area contributed by atoms with Crippen molar-refractivity contribution in [2.75, 3.05) is 0 Å². The van der Waals surface area contributed by atoms with E-state index in [4.69, 9.17) is 58.0 Å². The lowest BCUT2D eigenvalue weighted by atomic mass is 9.93. The molecule has 0 bridgehead atoms. The number of hydrogen-bond acceptors (Lipinski definition) is 3. The molecule has 1 aromatic rings. The number of carbonyl (C=O) groups excluding carboxylic acids is 2. The summed E-state index contributed by atoms with van der Waals surface area (Å²) in [5.74, 6) is -2.67. The van der Waals surface area contributed by atoms with Gasteiger partial charge >= 0.3 is 0 Å². The van der Waals surface area contributed by atoms with E-state index in [0.717, 1.165) is 0 Å². The molecule has 0 radical (unpaired) electrons. The number of halogens is 5. The van der Waals surface area contributed by atoms with E-state index in [2.05, 4.69) is 0 Å². The van der Waals surface area contributed by atoms with Crippen LogP contribution in [0.3, 0.4) is 0 Å². The molecule has 8 heteroatoms. The number of ketones is 2. The molecule has 0 fully saturated rings. The van der Waals surface area contributed by atoms with Crippen molar-refractivity contribution in [1.82, 2.24) is 0 Å². The third-order valence-electron chi connectivity index (χ3n) is 2.34. The lowest BCUT2D eigenvalue weighted by molar-refractivity contribution is 0.0936. The first-order chi connectivity index (χ1) is 8.29. The van der Waals surface area contributed by atoms with Crippen LogP contribution in [0.15, 0.2) is 10.8 Å². The monoisotopic (exact) mass is 344 g/mol. The zero-order valence-electron chi connectivity index (χ0n) is 8.15. The molecule has 0 unspecified atom stereocenters. The molecule has 0 amide bonds. The number of hydrogen-bond donors (Lipinski definition) is 1. The predicted octanol–water partition coefficient (Wildman–Crippen LogP) is 4.69. The summed E-state index contributed by atoms with van der Waals surface area (Å²) >= 11 is 28.8. The van der Waals surface area contributed by atoms with Crippen molar-refractivity contribution < 1.29 is 14.7 Å². The van der Waals surface area contributed by atoms with Crippen molar-refractivity contribution in [3.05, 3.63) is 42.0 Å². The molecule has 0 spiro atoms. The third kappa shape index (κ3) is 1.74. The molecule has 1 aliphatic carbocycles. The Morgan fingerprint density at radius 3 is 1.50 bits per heavy atom. The van der Waals surface area contributed by atoms with Gasteiger partial charge in [-0.2, -0.15) is 0 Å². The summed E-state index contributed by atoms with van der Waals surface area (Å²) in [6.07, 6.45) is 0. The minimum absolute atomic E-state index is 0.158. The van der Waals surface area contributed by atoms with Crippen LogP contribution < -0.4 is 0 Å². The van der Waals surface area contributed by atoms with Gasteiger partial charge < -0.3 is 5.11 Å².